The minimum absolute atomic E-state index is 0.0323. The number of halogens is 2. The van der Waals surface area contributed by atoms with E-state index >= 15 is 0 Å². The van der Waals surface area contributed by atoms with Crippen LogP contribution in [0.2, 0.25) is 0 Å². The van der Waals surface area contributed by atoms with E-state index in [1.807, 2.05) is 0 Å². The molecular formula is C14H11Br2NO4. The molecule has 2 rings (SSSR count). The lowest BCUT2D eigenvalue weighted by Crippen LogP contribution is -1.99. The Hall–Kier alpha value is -1.44. The molecule has 0 bridgehead atoms. The number of benzene rings is 2. The van der Waals surface area contributed by atoms with Crippen molar-refractivity contribution in [3.05, 3.63) is 66.6 Å². The molecule has 0 saturated heterocycles. The maximum atomic E-state index is 10.7. The van der Waals surface area contributed by atoms with E-state index in [2.05, 4.69) is 31.9 Å². The van der Waals surface area contributed by atoms with Crippen molar-refractivity contribution in [2.45, 2.75) is 13.2 Å². The summed E-state index contributed by atoms with van der Waals surface area (Å²) in [5.74, 6) is 0.582. The van der Waals surface area contributed by atoms with Crippen molar-refractivity contribution in [3.8, 4) is 5.75 Å². The number of rotatable bonds is 5. The third-order valence-electron chi connectivity index (χ3n) is 2.75. The van der Waals surface area contributed by atoms with Gasteiger partial charge >= 0.3 is 0 Å². The second-order valence-electron chi connectivity index (χ2n) is 4.26. The Morgan fingerprint density at radius 2 is 1.81 bits per heavy atom. The molecule has 21 heavy (non-hydrogen) atoms. The zero-order valence-electron chi connectivity index (χ0n) is 10.8. The van der Waals surface area contributed by atoms with Crippen molar-refractivity contribution in [1.82, 2.24) is 0 Å². The number of ether oxygens (including phenoxy) is 1. The van der Waals surface area contributed by atoms with E-state index in [4.69, 9.17) is 9.84 Å². The van der Waals surface area contributed by atoms with E-state index in [9.17, 15) is 10.1 Å². The van der Waals surface area contributed by atoms with E-state index in [0.29, 0.717) is 20.3 Å². The minimum atomic E-state index is -0.439. The van der Waals surface area contributed by atoms with Crippen LogP contribution in [-0.2, 0) is 13.2 Å². The molecule has 0 aliphatic rings. The van der Waals surface area contributed by atoms with Crippen LogP contribution in [0.3, 0.4) is 0 Å². The van der Waals surface area contributed by atoms with Gasteiger partial charge in [0.05, 0.1) is 20.5 Å². The molecule has 0 amide bonds. The summed E-state index contributed by atoms with van der Waals surface area (Å²) < 4.78 is 7.09. The molecule has 0 atom stereocenters. The molecule has 0 radical (unpaired) electrons. The van der Waals surface area contributed by atoms with Crippen LogP contribution in [0.1, 0.15) is 11.1 Å². The van der Waals surface area contributed by atoms with Crippen LogP contribution in [0.4, 0.5) is 5.69 Å². The van der Waals surface area contributed by atoms with Gasteiger partial charge < -0.3 is 9.84 Å². The largest absolute Gasteiger partial charge is 0.487 e. The molecule has 0 fully saturated rings. The number of aliphatic hydroxyl groups is 1. The summed E-state index contributed by atoms with van der Waals surface area (Å²) >= 11 is 6.75. The van der Waals surface area contributed by atoms with Crippen LogP contribution in [-0.4, -0.2) is 10.0 Å². The highest BCUT2D eigenvalue weighted by Crippen LogP contribution is 2.35. The molecule has 2 aromatic rings. The first kappa shape index (κ1) is 15.9. The van der Waals surface area contributed by atoms with Crippen LogP contribution in [0, 0.1) is 10.1 Å². The van der Waals surface area contributed by atoms with Gasteiger partial charge in [-0.1, -0.05) is 12.1 Å². The molecule has 0 aliphatic carbocycles. The maximum Gasteiger partial charge on any atom is 0.269 e. The highest BCUT2D eigenvalue weighted by atomic mass is 79.9. The van der Waals surface area contributed by atoms with Crippen molar-refractivity contribution in [2.24, 2.45) is 0 Å². The molecule has 7 heteroatoms. The number of non-ortho nitro benzene ring substituents is 1. The van der Waals surface area contributed by atoms with Crippen molar-refractivity contribution in [2.75, 3.05) is 0 Å². The minimum Gasteiger partial charge on any atom is -0.487 e. The van der Waals surface area contributed by atoms with Gasteiger partial charge in [0.15, 0.2) is 0 Å². The Morgan fingerprint density at radius 1 is 1.14 bits per heavy atom. The Balaban J connectivity index is 2.17. The van der Waals surface area contributed by atoms with E-state index in [1.54, 1.807) is 24.3 Å². The van der Waals surface area contributed by atoms with Crippen LogP contribution in [0.15, 0.2) is 45.3 Å². The van der Waals surface area contributed by atoms with Crippen LogP contribution in [0.25, 0.3) is 0 Å². The molecule has 0 unspecified atom stereocenters. The highest BCUT2D eigenvalue weighted by Gasteiger charge is 2.10. The van der Waals surface area contributed by atoms with Gasteiger partial charge in [-0.15, -0.1) is 0 Å². The lowest BCUT2D eigenvalue weighted by atomic mass is 10.2. The molecule has 5 nitrogen and oxygen atoms in total. The number of nitro groups is 1. The molecule has 1 N–H and O–H groups in total. The Morgan fingerprint density at radius 3 is 2.38 bits per heavy atom. The summed E-state index contributed by atoms with van der Waals surface area (Å²) in [7, 11) is 0. The Labute approximate surface area is 138 Å². The van der Waals surface area contributed by atoms with Crippen molar-refractivity contribution in [1.29, 1.82) is 0 Å². The number of aliphatic hydroxyl groups excluding tert-OH is 1. The number of hydrogen-bond donors (Lipinski definition) is 1. The quantitative estimate of drug-likeness (QED) is 0.585. The number of nitrogens with zero attached hydrogens (tertiary/aromatic N) is 1. The van der Waals surface area contributed by atoms with Crippen molar-refractivity contribution >= 4 is 37.5 Å². The first-order valence-corrected chi connectivity index (χ1v) is 7.54. The molecule has 0 aromatic heterocycles. The molecule has 110 valence electrons. The highest BCUT2D eigenvalue weighted by molar-refractivity contribution is 9.11. The van der Waals surface area contributed by atoms with Crippen molar-refractivity contribution < 1.29 is 14.8 Å². The fourth-order valence-corrected chi connectivity index (χ4v) is 3.27. The average molecular weight is 417 g/mol. The Bertz CT molecular complexity index is 653. The monoisotopic (exact) mass is 415 g/mol. The fraction of sp³-hybridized carbons (Fsp3) is 0.143. The van der Waals surface area contributed by atoms with Gasteiger partial charge in [-0.05, 0) is 55.1 Å². The summed E-state index contributed by atoms with van der Waals surface area (Å²) in [5.41, 5.74) is 1.48. The standard InChI is InChI=1S/C14H11Br2NO4/c15-12-5-10(7-18)6-13(16)14(12)21-8-9-2-1-3-11(4-9)17(19)20/h1-6,18H,7-8H2. The third-order valence-corrected chi connectivity index (χ3v) is 3.92. The molecule has 2 aromatic carbocycles. The molecule has 0 saturated carbocycles. The van der Waals surface area contributed by atoms with E-state index in [1.165, 1.54) is 12.1 Å². The SMILES string of the molecule is O=[N+]([O-])c1cccc(COc2c(Br)cc(CO)cc2Br)c1. The van der Waals surface area contributed by atoms with Crippen molar-refractivity contribution in [3.63, 3.8) is 0 Å². The zero-order chi connectivity index (χ0) is 15.4. The summed E-state index contributed by atoms with van der Waals surface area (Å²) in [6.07, 6.45) is 0. The van der Waals surface area contributed by atoms with Gasteiger partial charge in [0.25, 0.3) is 5.69 Å². The van der Waals surface area contributed by atoms with Gasteiger partial charge in [0.2, 0.25) is 0 Å². The first-order valence-electron chi connectivity index (χ1n) is 5.96. The summed E-state index contributed by atoms with van der Waals surface area (Å²) in [6.45, 7) is 0.139. The molecular weight excluding hydrogens is 406 g/mol. The predicted octanol–water partition coefficient (Wildman–Crippen LogP) is 4.19. The fourth-order valence-electron chi connectivity index (χ4n) is 1.76. The summed E-state index contributed by atoms with van der Waals surface area (Å²) in [4.78, 5) is 10.3. The smallest absolute Gasteiger partial charge is 0.269 e. The number of nitro benzene ring substituents is 1. The van der Waals surface area contributed by atoms with E-state index in [-0.39, 0.29) is 18.9 Å². The van der Waals surface area contributed by atoms with Gasteiger partial charge in [0.1, 0.15) is 12.4 Å². The number of hydrogen-bond acceptors (Lipinski definition) is 4. The van der Waals surface area contributed by atoms with Gasteiger partial charge in [-0.3, -0.25) is 10.1 Å². The van der Waals surface area contributed by atoms with Crippen LogP contribution in [0.5, 0.6) is 5.75 Å². The molecule has 0 heterocycles. The zero-order valence-corrected chi connectivity index (χ0v) is 13.9. The summed E-state index contributed by atoms with van der Waals surface area (Å²) in [6, 6.07) is 9.81. The second-order valence-corrected chi connectivity index (χ2v) is 5.97. The topological polar surface area (TPSA) is 72.6 Å². The third kappa shape index (κ3) is 4.03. The first-order chi connectivity index (χ1) is 10.0. The average Bonchev–Trinajstić information content (AvgIpc) is 2.46. The summed E-state index contributed by atoms with van der Waals surface area (Å²) in [5, 5.41) is 19.9. The normalized spacial score (nSPS) is 10.4. The van der Waals surface area contributed by atoms with Crippen LogP contribution < -0.4 is 4.74 Å². The van der Waals surface area contributed by atoms with Crippen LogP contribution >= 0.6 is 31.9 Å². The molecule has 0 aliphatic heterocycles. The second kappa shape index (κ2) is 7.02. The lowest BCUT2D eigenvalue weighted by molar-refractivity contribution is -0.384. The van der Waals surface area contributed by atoms with Gasteiger partial charge in [-0.25, -0.2) is 0 Å². The van der Waals surface area contributed by atoms with Gasteiger partial charge in [-0.2, -0.15) is 0 Å². The lowest BCUT2D eigenvalue weighted by Gasteiger charge is -2.11. The van der Waals surface area contributed by atoms with E-state index < -0.39 is 4.92 Å². The Kier molecular flexibility index (Phi) is 5.33. The maximum absolute atomic E-state index is 10.7. The molecule has 0 spiro atoms. The predicted molar refractivity (Wildman–Crippen MR) is 85.2 cm³/mol. The van der Waals surface area contributed by atoms with Gasteiger partial charge in [0, 0.05) is 12.1 Å². The van der Waals surface area contributed by atoms with E-state index in [0.717, 1.165) is 5.56 Å².